The van der Waals surface area contributed by atoms with E-state index < -0.39 is 0 Å². The summed E-state index contributed by atoms with van der Waals surface area (Å²) in [5.74, 6) is 0.844. The number of anilines is 2. The zero-order chi connectivity index (χ0) is 23.1. The number of nitrogens with zero attached hydrogens (tertiary/aromatic N) is 3. The van der Waals surface area contributed by atoms with Crippen LogP contribution in [0.5, 0.6) is 5.75 Å². The number of ether oxygens (including phenoxy) is 1. The Hall–Kier alpha value is -3.78. The van der Waals surface area contributed by atoms with Crippen molar-refractivity contribution in [3.8, 4) is 5.75 Å². The van der Waals surface area contributed by atoms with Crippen LogP contribution in [0.1, 0.15) is 15.9 Å². The average Bonchev–Trinajstić information content (AvgIpc) is 2.79. The van der Waals surface area contributed by atoms with Gasteiger partial charge < -0.3 is 25.3 Å². The van der Waals surface area contributed by atoms with E-state index in [-0.39, 0.29) is 5.91 Å². The van der Waals surface area contributed by atoms with Crippen molar-refractivity contribution in [2.45, 2.75) is 0 Å². The highest BCUT2D eigenvalue weighted by Crippen LogP contribution is 2.34. The molecule has 32 heavy (non-hydrogen) atoms. The molecule has 1 heterocycles. The third-order valence-corrected chi connectivity index (χ3v) is 4.83. The molecule has 0 bridgehead atoms. The third-order valence-electron chi connectivity index (χ3n) is 4.58. The fourth-order valence-corrected chi connectivity index (χ4v) is 3.20. The van der Waals surface area contributed by atoms with Gasteiger partial charge in [0, 0.05) is 30.8 Å². The molecule has 1 aliphatic heterocycles. The van der Waals surface area contributed by atoms with Crippen molar-refractivity contribution in [1.82, 2.24) is 10.3 Å². The monoisotopic (exact) mass is 453 g/mol. The van der Waals surface area contributed by atoms with Gasteiger partial charge in [0.05, 0.1) is 31.2 Å². The van der Waals surface area contributed by atoms with Gasteiger partial charge in [-0.05, 0) is 42.0 Å². The molecule has 0 atom stereocenters. The van der Waals surface area contributed by atoms with Crippen LogP contribution in [0.2, 0.25) is 0 Å². The molecule has 166 valence electrons. The van der Waals surface area contributed by atoms with Crippen molar-refractivity contribution in [3.05, 3.63) is 76.6 Å². The van der Waals surface area contributed by atoms with Crippen molar-refractivity contribution in [3.63, 3.8) is 0 Å². The maximum atomic E-state index is 12.9. The summed E-state index contributed by atoms with van der Waals surface area (Å²) >= 11 is 6.24. The van der Waals surface area contributed by atoms with Gasteiger partial charge >= 0.3 is 0 Å². The van der Waals surface area contributed by atoms with Gasteiger partial charge in [0.15, 0.2) is 0 Å². The van der Waals surface area contributed by atoms with Gasteiger partial charge in [-0.2, -0.15) is 5.10 Å². The van der Waals surface area contributed by atoms with Crippen LogP contribution in [0.25, 0.3) is 0 Å². The SMILES string of the molecule is COc1ccc(NC(=O)c2ccc(C=NN(C)C)cc2)c(N2CC(Cl)=CC=C2NC=O)c1. The van der Waals surface area contributed by atoms with Crippen molar-refractivity contribution < 1.29 is 14.3 Å². The molecule has 0 aliphatic carbocycles. The van der Waals surface area contributed by atoms with Crippen molar-refractivity contribution >= 4 is 41.5 Å². The molecular weight excluding hydrogens is 430 g/mol. The van der Waals surface area contributed by atoms with Crippen LogP contribution in [0.3, 0.4) is 0 Å². The van der Waals surface area contributed by atoms with E-state index >= 15 is 0 Å². The van der Waals surface area contributed by atoms with E-state index in [0.29, 0.717) is 46.5 Å². The molecule has 0 unspecified atom stereocenters. The lowest BCUT2D eigenvalue weighted by Gasteiger charge is -2.30. The summed E-state index contributed by atoms with van der Waals surface area (Å²) in [6, 6.07) is 12.4. The molecular formula is C23H24ClN5O3. The largest absolute Gasteiger partial charge is 0.497 e. The zero-order valence-corrected chi connectivity index (χ0v) is 18.8. The number of methoxy groups -OCH3 is 1. The Morgan fingerprint density at radius 1 is 1.19 bits per heavy atom. The smallest absolute Gasteiger partial charge is 0.255 e. The Morgan fingerprint density at radius 2 is 1.94 bits per heavy atom. The summed E-state index contributed by atoms with van der Waals surface area (Å²) < 4.78 is 5.35. The fraction of sp³-hybridized carbons (Fsp3) is 0.174. The average molecular weight is 454 g/mol. The molecule has 9 heteroatoms. The minimum absolute atomic E-state index is 0.278. The van der Waals surface area contributed by atoms with E-state index in [4.69, 9.17) is 16.3 Å². The van der Waals surface area contributed by atoms with Crippen LogP contribution in [0, 0.1) is 0 Å². The Balaban J connectivity index is 1.88. The number of rotatable bonds is 8. The van der Waals surface area contributed by atoms with Crippen LogP contribution in [-0.4, -0.2) is 51.3 Å². The lowest BCUT2D eigenvalue weighted by atomic mass is 10.1. The second-order valence-corrected chi connectivity index (χ2v) is 7.55. The van der Waals surface area contributed by atoms with Gasteiger partial charge in [-0.25, -0.2) is 0 Å². The first-order chi connectivity index (χ1) is 15.4. The van der Waals surface area contributed by atoms with E-state index in [0.717, 1.165) is 5.56 Å². The van der Waals surface area contributed by atoms with Crippen LogP contribution in [-0.2, 0) is 4.79 Å². The Bertz CT molecular complexity index is 1080. The summed E-state index contributed by atoms with van der Waals surface area (Å²) in [6.45, 7) is 0.324. The van der Waals surface area contributed by atoms with Gasteiger partial charge in [-0.3, -0.25) is 9.59 Å². The lowest BCUT2D eigenvalue weighted by molar-refractivity contribution is -0.109. The number of amides is 2. The highest BCUT2D eigenvalue weighted by Gasteiger charge is 2.21. The highest BCUT2D eigenvalue weighted by atomic mass is 35.5. The van der Waals surface area contributed by atoms with Crippen LogP contribution in [0.15, 0.2) is 70.6 Å². The second-order valence-electron chi connectivity index (χ2n) is 7.06. The molecule has 0 aromatic heterocycles. The number of nitrogens with one attached hydrogen (secondary N) is 2. The zero-order valence-electron chi connectivity index (χ0n) is 18.0. The summed E-state index contributed by atoms with van der Waals surface area (Å²) in [6.07, 6.45) is 5.71. The first-order valence-corrected chi connectivity index (χ1v) is 10.1. The van der Waals surface area contributed by atoms with Gasteiger partial charge in [0.2, 0.25) is 6.41 Å². The van der Waals surface area contributed by atoms with Gasteiger partial charge in [0.25, 0.3) is 5.91 Å². The molecule has 0 fully saturated rings. The minimum atomic E-state index is -0.278. The normalized spacial score (nSPS) is 13.3. The number of hydrazone groups is 1. The predicted octanol–water partition coefficient (Wildman–Crippen LogP) is 3.37. The number of carbonyl (C=O) groups is 2. The number of halogens is 1. The maximum Gasteiger partial charge on any atom is 0.255 e. The highest BCUT2D eigenvalue weighted by molar-refractivity contribution is 6.30. The molecule has 8 nitrogen and oxygen atoms in total. The Kier molecular flexibility index (Phi) is 7.51. The number of hydrogen-bond donors (Lipinski definition) is 2. The molecule has 0 saturated heterocycles. The summed E-state index contributed by atoms with van der Waals surface area (Å²) in [7, 11) is 5.23. The maximum absolute atomic E-state index is 12.9. The van der Waals surface area contributed by atoms with E-state index in [1.807, 2.05) is 26.2 Å². The first kappa shape index (κ1) is 22.9. The molecule has 0 saturated carbocycles. The molecule has 2 N–H and O–H groups in total. The minimum Gasteiger partial charge on any atom is -0.497 e. The van der Waals surface area contributed by atoms with Crippen molar-refractivity contribution in [2.24, 2.45) is 5.10 Å². The molecule has 1 aliphatic rings. The van der Waals surface area contributed by atoms with E-state index in [1.165, 1.54) is 0 Å². The Morgan fingerprint density at radius 3 is 2.59 bits per heavy atom. The molecule has 2 aromatic rings. The standard InChI is InChI=1S/C23H24ClN5O3/c1-28(2)26-13-16-4-6-17(7-5-16)23(31)27-20-10-9-19(32-3)12-21(20)29-14-18(24)8-11-22(29)25-15-30/h4-13,15H,14H2,1-3H3,(H,25,30)(H,27,31). The van der Waals surface area contributed by atoms with E-state index in [2.05, 4.69) is 15.7 Å². The number of allylic oxidation sites excluding steroid dienone is 2. The fourth-order valence-electron chi connectivity index (χ4n) is 3.01. The van der Waals surface area contributed by atoms with E-state index in [1.54, 1.807) is 65.7 Å². The van der Waals surface area contributed by atoms with Gasteiger partial charge in [0.1, 0.15) is 11.6 Å². The Labute approximate surface area is 191 Å². The quantitative estimate of drug-likeness (QED) is 0.363. The first-order valence-electron chi connectivity index (χ1n) is 9.76. The van der Waals surface area contributed by atoms with Crippen molar-refractivity contribution in [1.29, 1.82) is 0 Å². The van der Waals surface area contributed by atoms with Crippen LogP contribution in [0.4, 0.5) is 11.4 Å². The molecule has 0 radical (unpaired) electrons. The van der Waals surface area contributed by atoms with Gasteiger partial charge in [-0.15, -0.1) is 0 Å². The van der Waals surface area contributed by atoms with Crippen LogP contribution >= 0.6 is 11.6 Å². The number of benzene rings is 2. The van der Waals surface area contributed by atoms with Gasteiger partial charge in [-0.1, -0.05) is 23.7 Å². The molecule has 3 rings (SSSR count). The predicted molar refractivity (Wildman–Crippen MR) is 127 cm³/mol. The van der Waals surface area contributed by atoms with Crippen molar-refractivity contribution in [2.75, 3.05) is 38.0 Å². The summed E-state index contributed by atoms with van der Waals surface area (Å²) in [5.41, 5.74) is 2.54. The lowest BCUT2D eigenvalue weighted by Crippen LogP contribution is -2.34. The topological polar surface area (TPSA) is 86.3 Å². The number of carbonyl (C=O) groups excluding carboxylic acids is 2. The summed E-state index contributed by atoms with van der Waals surface area (Å²) in [4.78, 5) is 25.8. The van der Waals surface area contributed by atoms with E-state index in [9.17, 15) is 9.59 Å². The van der Waals surface area contributed by atoms with Crippen LogP contribution < -0.4 is 20.3 Å². The molecule has 2 aromatic carbocycles. The molecule has 0 spiro atoms. The number of hydrogen-bond acceptors (Lipinski definition) is 6. The molecule has 2 amide bonds. The second kappa shape index (κ2) is 10.5. The summed E-state index contributed by atoms with van der Waals surface area (Å²) in [5, 5.41) is 12.1. The third kappa shape index (κ3) is 5.67.